The molecule has 0 atom stereocenters. The van der Waals surface area contributed by atoms with E-state index in [1.807, 2.05) is 22.7 Å². The zero-order chi connectivity index (χ0) is 14.8. The van der Waals surface area contributed by atoms with Gasteiger partial charge in [0.2, 0.25) is 0 Å². The molecule has 3 nitrogen and oxygen atoms in total. The lowest BCUT2D eigenvalue weighted by Gasteiger charge is -2.20. The number of hydrogen-bond donors (Lipinski definition) is 0. The number of ketones is 1. The molecule has 0 bridgehead atoms. The van der Waals surface area contributed by atoms with Gasteiger partial charge in [-0.15, -0.1) is 0 Å². The summed E-state index contributed by atoms with van der Waals surface area (Å²) in [4.78, 5) is 13.0. The molecule has 3 rings (SSSR count). The molecule has 2 aromatic heterocycles. The van der Waals surface area contributed by atoms with Crippen LogP contribution >= 0.6 is 0 Å². The smallest absolute Gasteiger partial charge is 0.182 e. The summed E-state index contributed by atoms with van der Waals surface area (Å²) in [5.41, 5.74) is 3.09. The van der Waals surface area contributed by atoms with Crippen LogP contribution in [0.1, 0.15) is 55.1 Å². The molecule has 0 radical (unpaired) electrons. The van der Waals surface area contributed by atoms with Crippen LogP contribution < -0.4 is 4.74 Å². The average Bonchev–Trinajstić information content (AvgIpc) is 2.92. The number of aryl methyl sites for hydroxylation is 1. The Morgan fingerprint density at radius 2 is 2.05 bits per heavy atom. The lowest BCUT2D eigenvalue weighted by molar-refractivity contribution is 0.0882. The van der Waals surface area contributed by atoms with Gasteiger partial charge in [0.05, 0.1) is 12.8 Å². The number of ether oxygens (including phenoxy) is 1. The summed E-state index contributed by atoms with van der Waals surface area (Å²) in [7, 11) is 1.67. The predicted octanol–water partition coefficient (Wildman–Crippen LogP) is 4.27. The lowest BCUT2D eigenvalue weighted by atomic mass is 9.84. The maximum absolute atomic E-state index is 13.0. The van der Waals surface area contributed by atoms with Crippen LogP contribution in [0.5, 0.6) is 5.75 Å². The van der Waals surface area contributed by atoms with Crippen LogP contribution in [0.2, 0.25) is 0 Å². The highest BCUT2D eigenvalue weighted by Crippen LogP contribution is 2.30. The highest BCUT2D eigenvalue weighted by molar-refractivity contribution is 5.99. The average molecular weight is 285 g/mol. The second-order valence-corrected chi connectivity index (χ2v) is 5.93. The molecule has 0 saturated heterocycles. The van der Waals surface area contributed by atoms with Gasteiger partial charge in [-0.2, -0.15) is 0 Å². The summed E-state index contributed by atoms with van der Waals surface area (Å²) in [6, 6.07) is 6.04. The zero-order valence-electron chi connectivity index (χ0n) is 12.9. The Hall–Kier alpha value is -1.77. The van der Waals surface area contributed by atoms with Crippen molar-refractivity contribution in [2.75, 3.05) is 7.11 Å². The van der Waals surface area contributed by atoms with E-state index in [4.69, 9.17) is 4.74 Å². The van der Waals surface area contributed by atoms with Crippen molar-refractivity contribution in [3.63, 3.8) is 0 Å². The molecule has 0 unspecified atom stereocenters. The second kappa shape index (κ2) is 5.92. The van der Waals surface area contributed by atoms with Crippen LogP contribution in [0.15, 0.2) is 24.4 Å². The Morgan fingerprint density at radius 3 is 2.71 bits per heavy atom. The summed E-state index contributed by atoms with van der Waals surface area (Å²) in [5.74, 6) is 1.38. The third kappa shape index (κ3) is 2.57. The third-order valence-corrected chi connectivity index (χ3v) is 4.65. The number of hydrogen-bond acceptors (Lipinski definition) is 2. The first-order chi connectivity index (χ1) is 10.2. The van der Waals surface area contributed by atoms with Crippen LogP contribution in [0.25, 0.3) is 5.52 Å². The fourth-order valence-electron chi connectivity index (χ4n) is 3.45. The molecule has 1 saturated carbocycles. The Balaban J connectivity index is 2.05. The second-order valence-electron chi connectivity index (χ2n) is 5.93. The number of fused-ring (bicyclic) bond motifs is 1. The van der Waals surface area contributed by atoms with E-state index in [0.29, 0.717) is 5.78 Å². The molecule has 1 fully saturated rings. The molecular weight excluding hydrogens is 262 g/mol. The van der Waals surface area contributed by atoms with Crippen LogP contribution in [0.3, 0.4) is 0 Å². The van der Waals surface area contributed by atoms with Gasteiger partial charge in [-0.25, -0.2) is 0 Å². The van der Waals surface area contributed by atoms with Crippen molar-refractivity contribution in [1.29, 1.82) is 0 Å². The van der Waals surface area contributed by atoms with Crippen LogP contribution in [-0.2, 0) is 6.42 Å². The summed E-state index contributed by atoms with van der Waals surface area (Å²) < 4.78 is 7.32. The predicted molar refractivity (Wildman–Crippen MR) is 84.2 cm³/mol. The van der Waals surface area contributed by atoms with Crippen molar-refractivity contribution in [2.45, 2.75) is 45.4 Å². The van der Waals surface area contributed by atoms with Crippen LogP contribution in [0, 0.1) is 5.92 Å². The van der Waals surface area contributed by atoms with Gasteiger partial charge < -0.3 is 9.14 Å². The fourth-order valence-corrected chi connectivity index (χ4v) is 3.45. The van der Waals surface area contributed by atoms with Crippen molar-refractivity contribution in [1.82, 2.24) is 4.40 Å². The van der Waals surface area contributed by atoms with Gasteiger partial charge in [-0.05, 0) is 37.0 Å². The molecule has 2 aromatic rings. The van der Waals surface area contributed by atoms with Crippen molar-refractivity contribution in [3.05, 3.63) is 35.7 Å². The first-order valence-electron chi connectivity index (χ1n) is 7.96. The van der Waals surface area contributed by atoms with E-state index in [0.717, 1.165) is 41.8 Å². The first-order valence-corrected chi connectivity index (χ1v) is 7.96. The maximum atomic E-state index is 13.0. The monoisotopic (exact) mass is 285 g/mol. The van der Waals surface area contributed by atoms with E-state index < -0.39 is 0 Å². The van der Waals surface area contributed by atoms with E-state index in [-0.39, 0.29) is 5.92 Å². The van der Waals surface area contributed by atoms with E-state index in [2.05, 4.69) is 13.0 Å². The minimum absolute atomic E-state index is 0.212. The molecule has 0 aromatic carbocycles. The highest BCUT2D eigenvalue weighted by Gasteiger charge is 2.26. The molecule has 1 aliphatic rings. The van der Waals surface area contributed by atoms with Crippen molar-refractivity contribution in [2.24, 2.45) is 5.92 Å². The number of pyridine rings is 1. The number of rotatable bonds is 4. The Labute approximate surface area is 125 Å². The van der Waals surface area contributed by atoms with Crippen LogP contribution in [0.4, 0.5) is 0 Å². The van der Waals surface area contributed by atoms with Gasteiger partial charge in [0.25, 0.3) is 0 Å². The summed E-state index contributed by atoms with van der Waals surface area (Å²) >= 11 is 0. The molecule has 0 amide bonds. The number of Topliss-reactive ketones (excluding diaryl/α,β-unsaturated/α-hetero) is 1. The van der Waals surface area contributed by atoms with E-state index in [1.54, 1.807) is 7.11 Å². The Kier molecular flexibility index (Phi) is 4.00. The zero-order valence-corrected chi connectivity index (χ0v) is 12.9. The summed E-state index contributed by atoms with van der Waals surface area (Å²) in [6.07, 6.45) is 8.60. The van der Waals surface area contributed by atoms with Crippen molar-refractivity contribution >= 4 is 11.3 Å². The van der Waals surface area contributed by atoms with Gasteiger partial charge in [0.1, 0.15) is 5.75 Å². The number of carbonyl (C=O) groups is 1. The Morgan fingerprint density at radius 1 is 1.29 bits per heavy atom. The maximum Gasteiger partial charge on any atom is 0.182 e. The number of carbonyl (C=O) groups excluding carboxylic acids is 1. The molecule has 0 N–H and O–H groups in total. The minimum Gasteiger partial charge on any atom is -0.497 e. The number of methoxy groups -OCH3 is 1. The van der Waals surface area contributed by atoms with Gasteiger partial charge in [0, 0.05) is 23.7 Å². The summed E-state index contributed by atoms with van der Waals surface area (Å²) in [6.45, 7) is 2.11. The first kappa shape index (κ1) is 14.2. The van der Waals surface area contributed by atoms with E-state index >= 15 is 0 Å². The lowest BCUT2D eigenvalue weighted by Crippen LogP contribution is -2.20. The molecule has 112 valence electrons. The molecule has 0 aliphatic heterocycles. The van der Waals surface area contributed by atoms with Gasteiger partial charge in [0.15, 0.2) is 5.78 Å². The van der Waals surface area contributed by atoms with Crippen LogP contribution in [-0.4, -0.2) is 17.3 Å². The van der Waals surface area contributed by atoms with Gasteiger partial charge >= 0.3 is 0 Å². The SMILES string of the molecule is CCc1cc2cc(OC)ccn2c1C(=O)C1CCCCC1. The fraction of sp³-hybridized carbons (Fsp3) is 0.500. The minimum atomic E-state index is 0.212. The van der Waals surface area contributed by atoms with Gasteiger partial charge in [-0.1, -0.05) is 26.2 Å². The largest absolute Gasteiger partial charge is 0.497 e. The quantitative estimate of drug-likeness (QED) is 0.785. The standard InChI is InChI=1S/C18H23NO2/c1-3-13-11-15-12-16(21-2)9-10-19(15)17(13)18(20)14-7-5-4-6-8-14/h9-12,14H,3-8H2,1-2H3. The van der Waals surface area contributed by atoms with Crippen molar-refractivity contribution in [3.8, 4) is 5.75 Å². The Bertz CT molecular complexity index is 651. The van der Waals surface area contributed by atoms with Gasteiger partial charge in [-0.3, -0.25) is 4.79 Å². The van der Waals surface area contributed by atoms with E-state index in [9.17, 15) is 4.79 Å². The topological polar surface area (TPSA) is 30.7 Å². The molecule has 2 heterocycles. The number of nitrogens with zero attached hydrogens (tertiary/aromatic N) is 1. The van der Waals surface area contributed by atoms with E-state index in [1.165, 1.54) is 19.3 Å². The molecular formula is C18H23NO2. The molecule has 21 heavy (non-hydrogen) atoms. The highest BCUT2D eigenvalue weighted by atomic mass is 16.5. The molecule has 3 heteroatoms. The third-order valence-electron chi connectivity index (χ3n) is 4.65. The van der Waals surface area contributed by atoms with Crippen molar-refractivity contribution < 1.29 is 9.53 Å². The molecule has 1 aliphatic carbocycles. The number of aromatic nitrogens is 1. The molecule has 0 spiro atoms. The normalized spacial score (nSPS) is 16.3. The summed E-state index contributed by atoms with van der Waals surface area (Å²) in [5, 5.41) is 0.